The standard InChI is InChI=1S/C19H24N2OS/c1-3-23-17-11-9-15(10-12-17)14(2)21-19(22)18(13-20)16-7-5-4-6-8-16/h4-12,14,18H,3,13,20H2,1-2H3,(H,21,22)/t14-,18-/m0/s1. The molecule has 4 heteroatoms. The molecule has 122 valence electrons. The van der Waals surface area contributed by atoms with Gasteiger partial charge in [-0.2, -0.15) is 0 Å². The molecule has 23 heavy (non-hydrogen) atoms. The van der Waals surface area contributed by atoms with E-state index in [2.05, 4.69) is 36.5 Å². The van der Waals surface area contributed by atoms with E-state index < -0.39 is 0 Å². The number of hydrogen-bond acceptors (Lipinski definition) is 3. The van der Waals surface area contributed by atoms with Gasteiger partial charge < -0.3 is 11.1 Å². The molecule has 0 bridgehead atoms. The SMILES string of the molecule is CCSc1ccc([C@H](C)NC(=O)[C@@H](CN)c2ccccc2)cc1. The molecule has 0 aliphatic carbocycles. The second-order valence-electron chi connectivity index (χ2n) is 5.43. The van der Waals surface area contributed by atoms with E-state index in [4.69, 9.17) is 5.73 Å². The second kappa shape index (κ2) is 8.75. The monoisotopic (exact) mass is 328 g/mol. The fourth-order valence-corrected chi connectivity index (χ4v) is 3.16. The van der Waals surface area contributed by atoms with E-state index in [1.807, 2.05) is 49.0 Å². The molecule has 0 saturated carbocycles. The van der Waals surface area contributed by atoms with Crippen molar-refractivity contribution in [2.24, 2.45) is 5.73 Å². The van der Waals surface area contributed by atoms with Crippen LogP contribution in [0.15, 0.2) is 59.5 Å². The Morgan fingerprint density at radius 1 is 1.09 bits per heavy atom. The van der Waals surface area contributed by atoms with E-state index in [1.54, 1.807) is 0 Å². The molecule has 0 aromatic heterocycles. The Labute approximate surface area is 142 Å². The average molecular weight is 328 g/mol. The summed E-state index contributed by atoms with van der Waals surface area (Å²) in [6.45, 7) is 4.44. The Morgan fingerprint density at radius 2 is 1.74 bits per heavy atom. The molecule has 3 N–H and O–H groups in total. The third-order valence-electron chi connectivity index (χ3n) is 3.80. The van der Waals surface area contributed by atoms with Crippen molar-refractivity contribution in [3.05, 3.63) is 65.7 Å². The zero-order valence-electron chi connectivity index (χ0n) is 13.7. The summed E-state index contributed by atoms with van der Waals surface area (Å²) < 4.78 is 0. The smallest absolute Gasteiger partial charge is 0.229 e. The first-order chi connectivity index (χ1) is 11.2. The van der Waals surface area contributed by atoms with Crippen LogP contribution in [0, 0.1) is 0 Å². The summed E-state index contributed by atoms with van der Waals surface area (Å²) in [5.74, 6) is 0.715. The van der Waals surface area contributed by atoms with Crippen molar-refractivity contribution in [2.75, 3.05) is 12.3 Å². The van der Waals surface area contributed by atoms with Crippen molar-refractivity contribution in [1.82, 2.24) is 5.32 Å². The van der Waals surface area contributed by atoms with Crippen LogP contribution >= 0.6 is 11.8 Å². The van der Waals surface area contributed by atoms with Crippen LogP contribution in [0.5, 0.6) is 0 Å². The van der Waals surface area contributed by atoms with Crippen molar-refractivity contribution in [3.8, 4) is 0 Å². The summed E-state index contributed by atoms with van der Waals surface area (Å²) in [6, 6.07) is 18.0. The van der Waals surface area contributed by atoms with Crippen molar-refractivity contribution >= 4 is 17.7 Å². The van der Waals surface area contributed by atoms with Gasteiger partial charge in [-0.1, -0.05) is 49.4 Å². The molecule has 2 aromatic carbocycles. The van der Waals surface area contributed by atoms with Crippen LogP contribution in [-0.4, -0.2) is 18.2 Å². The molecule has 0 saturated heterocycles. The molecule has 0 unspecified atom stereocenters. The Bertz CT molecular complexity index is 613. The van der Waals surface area contributed by atoms with Crippen LogP contribution in [0.4, 0.5) is 0 Å². The van der Waals surface area contributed by atoms with Crippen LogP contribution in [0.25, 0.3) is 0 Å². The number of amides is 1. The molecule has 0 radical (unpaired) electrons. The van der Waals surface area contributed by atoms with Gasteiger partial charge in [-0.3, -0.25) is 4.79 Å². The Hall–Kier alpha value is -1.78. The van der Waals surface area contributed by atoms with Crippen LogP contribution in [0.2, 0.25) is 0 Å². The summed E-state index contributed by atoms with van der Waals surface area (Å²) in [7, 11) is 0. The number of carbonyl (C=O) groups is 1. The van der Waals surface area contributed by atoms with Gasteiger partial charge in [-0.25, -0.2) is 0 Å². The van der Waals surface area contributed by atoms with Gasteiger partial charge in [-0.05, 0) is 35.9 Å². The first-order valence-corrected chi connectivity index (χ1v) is 8.92. The van der Waals surface area contributed by atoms with Crippen LogP contribution in [0.3, 0.4) is 0 Å². The third-order valence-corrected chi connectivity index (χ3v) is 4.70. The zero-order chi connectivity index (χ0) is 16.7. The van der Waals surface area contributed by atoms with Crippen molar-refractivity contribution < 1.29 is 4.79 Å². The maximum atomic E-state index is 12.5. The molecule has 2 atom stereocenters. The molecule has 0 heterocycles. The average Bonchev–Trinajstić information content (AvgIpc) is 2.57. The topological polar surface area (TPSA) is 55.1 Å². The maximum Gasteiger partial charge on any atom is 0.229 e. The van der Waals surface area contributed by atoms with Crippen LogP contribution < -0.4 is 11.1 Å². The van der Waals surface area contributed by atoms with Gasteiger partial charge in [0.25, 0.3) is 0 Å². The summed E-state index contributed by atoms with van der Waals surface area (Å²) in [4.78, 5) is 13.8. The zero-order valence-corrected chi connectivity index (χ0v) is 14.5. The molecule has 2 aromatic rings. The molecule has 3 nitrogen and oxygen atoms in total. The first-order valence-electron chi connectivity index (χ1n) is 7.93. The number of hydrogen-bond donors (Lipinski definition) is 2. The van der Waals surface area contributed by atoms with Crippen LogP contribution in [0.1, 0.15) is 36.9 Å². The molecule has 0 fully saturated rings. The lowest BCUT2D eigenvalue weighted by molar-refractivity contribution is -0.123. The predicted octanol–water partition coefficient (Wildman–Crippen LogP) is 3.72. The molecule has 0 aliphatic heterocycles. The molecule has 0 aliphatic rings. The van der Waals surface area contributed by atoms with E-state index in [1.165, 1.54) is 4.90 Å². The van der Waals surface area contributed by atoms with E-state index in [0.717, 1.165) is 16.9 Å². The Balaban J connectivity index is 2.03. The van der Waals surface area contributed by atoms with E-state index in [9.17, 15) is 4.79 Å². The number of benzene rings is 2. The summed E-state index contributed by atoms with van der Waals surface area (Å²) in [5, 5.41) is 3.07. The first kappa shape index (κ1) is 17.6. The molecular weight excluding hydrogens is 304 g/mol. The largest absolute Gasteiger partial charge is 0.349 e. The van der Waals surface area contributed by atoms with Gasteiger partial charge >= 0.3 is 0 Å². The molecule has 1 amide bonds. The number of thioether (sulfide) groups is 1. The number of rotatable bonds is 7. The maximum absolute atomic E-state index is 12.5. The lowest BCUT2D eigenvalue weighted by atomic mass is 9.97. The second-order valence-corrected chi connectivity index (χ2v) is 6.77. The van der Waals surface area contributed by atoms with Crippen molar-refractivity contribution in [3.63, 3.8) is 0 Å². The lowest BCUT2D eigenvalue weighted by Gasteiger charge is -2.20. The van der Waals surface area contributed by atoms with Gasteiger partial charge in [0.05, 0.1) is 12.0 Å². The van der Waals surface area contributed by atoms with Crippen LogP contribution in [-0.2, 0) is 4.79 Å². The third kappa shape index (κ3) is 4.85. The van der Waals surface area contributed by atoms with Gasteiger partial charge in [0.1, 0.15) is 0 Å². The fraction of sp³-hybridized carbons (Fsp3) is 0.316. The molecule has 2 rings (SSSR count). The number of carbonyl (C=O) groups excluding carboxylic acids is 1. The van der Waals surface area contributed by atoms with E-state index >= 15 is 0 Å². The highest BCUT2D eigenvalue weighted by Gasteiger charge is 2.20. The Kier molecular flexibility index (Phi) is 6.68. The summed E-state index contributed by atoms with van der Waals surface area (Å²) >= 11 is 1.81. The fourth-order valence-electron chi connectivity index (χ4n) is 2.50. The highest BCUT2D eigenvalue weighted by atomic mass is 32.2. The van der Waals surface area contributed by atoms with Crippen molar-refractivity contribution in [1.29, 1.82) is 0 Å². The minimum atomic E-state index is -0.312. The van der Waals surface area contributed by atoms with Gasteiger partial charge in [0, 0.05) is 11.4 Å². The van der Waals surface area contributed by atoms with Gasteiger partial charge in [0.2, 0.25) is 5.91 Å². The predicted molar refractivity (Wildman–Crippen MR) is 97.6 cm³/mol. The van der Waals surface area contributed by atoms with E-state index in [0.29, 0.717) is 6.54 Å². The highest BCUT2D eigenvalue weighted by Crippen LogP contribution is 2.22. The Morgan fingerprint density at radius 3 is 2.30 bits per heavy atom. The number of nitrogens with two attached hydrogens (primary N) is 1. The summed E-state index contributed by atoms with van der Waals surface area (Å²) in [6.07, 6.45) is 0. The van der Waals surface area contributed by atoms with Gasteiger partial charge in [-0.15, -0.1) is 11.8 Å². The molecule has 0 spiro atoms. The quantitative estimate of drug-likeness (QED) is 0.762. The van der Waals surface area contributed by atoms with Crippen molar-refractivity contribution in [2.45, 2.75) is 30.7 Å². The number of nitrogens with one attached hydrogen (secondary N) is 1. The minimum Gasteiger partial charge on any atom is -0.349 e. The lowest BCUT2D eigenvalue weighted by Crippen LogP contribution is -2.35. The van der Waals surface area contributed by atoms with Gasteiger partial charge in [0.15, 0.2) is 0 Å². The van der Waals surface area contributed by atoms with E-state index in [-0.39, 0.29) is 17.9 Å². The minimum absolute atomic E-state index is 0.0294. The highest BCUT2D eigenvalue weighted by molar-refractivity contribution is 7.99. The summed E-state index contributed by atoms with van der Waals surface area (Å²) in [5.41, 5.74) is 7.86. The molecular formula is C19H24N2OS. The normalized spacial score (nSPS) is 13.3.